The SMILES string of the molecule is Nc1nc2ccc(C(=O)NC3CCOC3C3CC3)cc2s1. The second-order valence-electron chi connectivity index (χ2n) is 5.78. The van der Waals surface area contributed by atoms with Crippen LogP contribution in [0.3, 0.4) is 0 Å². The molecule has 2 aliphatic rings. The molecule has 0 spiro atoms. The molecule has 1 aliphatic heterocycles. The van der Waals surface area contributed by atoms with Gasteiger partial charge in [-0.25, -0.2) is 4.98 Å². The van der Waals surface area contributed by atoms with Crippen molar-refractivity contribution in [1.82, 2.24) is 10.3 Å². The van der Waals surface area contributed by atoms with Gasteiger partial charge < -0.3 is 15.8 Å². The Balaban J connectivity index is 1.52. The number of hydrogen-bond donors (Lipinski definition) is 2. The number of nitrogen functional groups attached to an aromatic ring is 1. The zero-order chi connectivity index (χ0) is 14.4. The molecule has 0 bridgehead atoms. The molecule has 2 aromatic rings. The number of aromatic nitrogens is 1. The standard InChI is InChI=1S/C15H17N3O2S/c16-15-18-10-4-3-9(7-12(10)21-15)14(19)17-11-5-6-20-13(11)8-1-2-8/h3-4,7-8,11,13H,1-2,5-6H2,(H2,16,18)(H,17,19). The van der Waals surface area contributed by atoms with Crippen LogP contribution in [-0.2, 0) is 4.74 Å². The van der Waals surface area contributed by atoms with E-state index < -0.39 is 0 Å². The molecule has 3 N–H and O–H groups in total. The molecule has 2 atom stereocenters. The van der Waals surface area contributed by atoms with Crippen LogP contribution < -0.4 is 11.1 Å². The number of nitrogens with one attached hydrogen (secondary N) is 1. The van der Waals surface area contributed by atoms with Crippen molar-refractivity contribution in [2.45, 2.75) is 31.4 Å². The number of ether oxygens (including phenoxy) is 1. The molecule has 1 saturated carbocycles. The number of carbonyl (C=O) groups excluding carboxylic acids is 1. The Bertz CT molecular complexity index is 695. The number of hydrogen-bond acceptors (Lipinski definition) is 5. The molecule has 110 valence electrons. The summed E-state index contributed by atoms with van der Waals surface area (Å²) in [6.45, 7) is 0.747. The number of carbonyl (C=O) groups is 1. The fourth-order valence-corrected chi connectivity index (χ4v) is 3.76. The fraction of sp³-hybridized carbons (Fsp3) is 0.467. The number of fused-ring (bicyclic) bond motifs is 1. The topological polar surface area (TPSA) is 77.2 Å². The number of anilines is 1. The minimum absolute atomic E-state index is 0.0370. The summed E-state index contributed by atoms with van der Waals surface area (Å²) in [7, 11) is 0. The lowest BCUT2D eigenvalue weighted by atomic mass is 10.1. The second-order valence-corrected chi connectivity index (χ2v) is 6.84. The van der Waals surface area contributed by atoms with Crippen molar-refractivity contribution >= 4 is 32.6 Å². The first-order valence-corrected chi connectivity index (χ1v) is 8.11. The van der Waals surface area contributed by atoms with Gasteiger partial charge in [0.25, 0.3) is 5.91 Å². The van der Waals surface area contributed by atoms with Gasteiger partial charge in [-0.2, -0.15) is 0 Å². The second kappa shape index (κ2) is 4.96. The van der Waals surface area contributed by atoms with Crippen LogP contribution in [0.15, 0.2) is 18.2 Å². The summed E-state index contributed by atoms with van der Waals surface area (Å²) in [5.41, 5.74) is 7.20. The number of amides is 1. The fourth-order valence-electron chi connectivity index (χ4n) is 2.99. The minimum atomic E-state index is -0.0370. The van der Waals surface area contributed by atoms with E-state index in [1.54, 1.807) is 6.07 Å². The van der Waals surface area contributed by atoms with Crippen molar-refractivity contribution < 1.29 is 9.53 Å². The Kier molecular flexibility index (Phi) is 3.08. The smallest absolute Gasteiger partial charge is 0.251 e. The molecule has 5 nitrogen and oxygen atoms in total. The van der Waals surface area contributed by atoms with Crippen LogP contribution >= 0.6 is 11.3 Å². The number of benzene rings is 1. The molecule has 2 fully saturated rings. The molecular formula is C15H17N3O2S. The maximum absolute atomic E-state index is 12.4. The van der Waals surface area contributed by atoms with E-state index in [1.165, 1.54) is 24.2 Å². The summed E-state index contributed by atoms with van der Waals surface area (Å²) < 4.78 is 6.71. The maximum atomic E-state index is 12.4. The quantitative estimate of drug-likeness (QED) is 0.911. The van der Waals surface area contributed by atoms with Gasteiger partial charge in [0, 0.05) is 12.2 Å². The van der Waals surface area contributed by atoms with Gasteiger partial charge in [-0.3, -0.25) is 4.79 Å². The third-order valence-electron chi connectivity index (χ3n) is 4.21. The first kappa shape index (κ1) is 13.0. The predicted octanol–water partition coefficient (Wildman–Crippen LogP) is 2.18. The Morgan fingerprint density at radius 3 is 3.05 bits per heavy atom. The van der Waals surface area contributed by atoms with E-state index in [-0.39, 0.29) is 18.1 Å². The molecule has 2 unspecified atom stereocenters. The van der Waals surface area contributed by atoms with Crippen LogP contribution in [0, 0.1) is 5.92 Å². The highest BCUT2D eigenvalue weighted by molar-refractivity contribution is 7.22. The maximum Gasteiger partial charge on any atom is 0.251 e. The van der Waals surface area contributed by atoms with Crippen molar-refractivity contribution in [1.29, 1.82) is 0 Å². The number of thiazole rings is 1. The van der Waals surface area contributed by atoms with E-state index in [2.05, 4.69) is 10.3 Å². The Hall–Kier alpha value is -1.66. The van der Waals surface area contributed by atoms with E-state index in [0.717, 1.165) is 23.2 Å². The third kappa shape index (κ3) is 2.49. The van der Waals surface area contributed by atoms with Gasteiger partial charge in [-0.05, 0) is 43.4 Å². The lowest BCUT2D eigenvalue weighted by Crippen LogP contribution is -2.41. The van der Waals surface area contributed by atoms with Crippen molar-refractivity contribution in [3.05, 3.63) is 23.8 Å². The molecule has 4 rings (SSSR count). The van der Waals surface area contributed by atoms with Gasteiger partial charge in [-0.1, -0.05) is 11.3 Å². The van der Waals surface area contributed by atoms with Gasteiger partial charge in [0.1, 0.15) is 0 Å². The lowest BCUT2D eigenvalue weighted by molar-refractivity contribution is 0.0729. The third-order valence-corrected chi connectivity index (χ3v) is 5.05. The monoisotopic (exact) mass is 303 g/mol. The first-order valence-electron chi connectivity index (χ1n) is 7.29. The average Bonchev–Trinajstić information content (AvgIpc) is 3.08. The first-order chi connectivity index (χ1) is 10.2. The highest BCUT2D eigenvalue weighted by Gasteiger charge is 2.41. The molecule has 1 aromatic carbocycles. The van der Waals surface area contributed by atoms with Gasteiger partial charge in [-0.15, -0.1) is 0 Å². The molecular weight excluding hydrogens is 286 g/mol. The molecule has 2 heterocycles. The molecule has 21 heavy (non-hydrogen) atoms. The normalized spacial score (nSPS) is 25.3. The highest BCUT2D eigenvalue weighted by atomic mass is 32.1. The van der Waals surface area contributed by atoms with Crippen LogP contribution in [0.1, 0.15) is 29.6 Å². The zero-order valence-electron chi connectivity index (χ0n) is 11.5. The lowest BCUT2D eigenvalue weighted by Gasteiger charge is -2.19. The Morgan fingerprint density at radius 2 is 2.24 bits per heavy atom. The van der Waals surface area contributed by atoms with Gasteiger partial charge in [0.05, 0.1) is 22.4 Å². The molecule has 6 heteroatoms. The molecule has 0 radical (unpaired) electrons. The predicted molar refractivity (Wildman–Crippen MR) is 82.4 cm³/mol. The van der Waals surface area contributed by atoms with Crippen LogP contribution in [0.2, 0.25) is 0 Å². The summed E-state index contributed by atoms with van der Waals surface area (Å²) in [6, 6.07) is 5.66. The van der Waals surface area contributed by atoms with Crippen molar-refractivity contribution in [2.75, 3.05) is 12.3 Å². The van der Waals surface area contributed by atoms with E-state index in [9.17, 15) is 4.79 Å². The van der Waals surface area contributed by atoms with Crippen LogP contribution in [-0.4, -0.2) is 29.6 Å². The summed E-state index contributed by atoms with van der Waals surface area (Å²) in [5.74, 6) is 0.603. The Labute approximate surface area is 126 Å². The molecule has 1 amide bonds. The van der Waals surface area contributed by atoms with Crippen LogP contribution in [0.25, 0.3) is 10.2 Å². The summed E-state index contributed by atoms with van der Waals surface area (Å²) in [5, 5.41) is 3.66. The average molecular weight is 303 g/mol. The number of nitrogens with two attached hydrogens (primary N) is 1. The summed E-state index contributed by atoms with van der Waals surface area (Å²) in [4.78, 5) is 16.6. The van der Waals surface area contributed by atoms with E-state index in [0.29, 0.717) is 16.6 Å². The highest BCUT2D eigenvalue weighted by Crippen LogP contribution is 2.38. The van der Waals surface area contributed by atoms with Gasteiger partial charge in [0.15, 0.2) is 5.13 Å². The van der Waals surface area contributed by atoms with E-state index in [4.69, 9.17) is 10.5 Å². The van der Waals surface area contributed by atoms with E-state index >= 15 is 0 Å². The zero-order valence-corrected chi connectivity index (χ0v) is 12.4. The van der Waals surface area contributed by atoms with Crippen molar-refractivity contribution in [2.24, 2.45) is 5.92 Å². The van der Waals surface area contributed by atoms with Crippen molar-refractivity contribution in [3.63, 3.8) is 0 Å². The number of rotatable bonds is 3. The van der Waals surface area contributed by atoms with Gasteiger partial charge in [0.2, 0.25) is 0 Å². The molecule has 1 aliphatic carbocycles. The Morgan fingerprint density at radius 1 is 1.38 bits per heavy atom. The van der Waals surface area contributed by atoms with Crippen molar-refractivity contribution in [3.8, 4) is 0 Å². The summed E-state index contributed by atoms with van der Waals surface area (Å²) in [6.07, 6.45) is 3.56. The molecule has 1 saturated heterocycles. The number of nitrogens with zero attached hydrogens (tertiary/aromatic N) is 1. The summed E-state index contributed by atoms with van der Waals surface area (Å²) >= 11 is 1.40. The molecule has 1 aromatic heterocycles. The largest absolute Gasteiger partial charge is 0.376 e. The van der Waals surface area contributed by atoms with Crippen LogP contribution in [0.4, 0.5) is 5.13 Å². The van der Waals surface area contributed by atoms with Crippen LogP contribution in [0.5, 0.6) is 0 Å². The van der Waals surface area contributed by atoms with E-state index in [1.807, 2.05) is 12.1 Å². The minimum Gasteiger partial charge on any atom is -0.376 e. The van der Waals surface area contributed by atoms with Gasteiger partial charge >= 0.3 is 0 Å².